The smallest absolute Gasteiger partial charge is 0.220 e. The Morgan fingerprint density at radius 2 is 2.04 bits per heavy atom. The molecule has 0 saturated carbocycles. The molecule has 0 saturated heterocycles. The van der Waals surface area contributed by atoms with Gasteiger partial charge in [0, 0.05) is 55.9 Å². The van der Waals surface area contributed by atoms with Crippen molar-refractivity contribution in [1.29, 1.82) is 0 Å². The molecule has 2 rings (SSSR count). The maximum atomic E-state index is 11.7. The number of aliphatic hydroxyl groups excluding tert-OH is 1. The summed E-state index contributed by atoms with van der Waals surface area (Å²) in [6.45, 7) is 5.19. The number of aromatic nitrogens is 1. The van der Waals surface area contributed by atoms with Crippen molar-refractivity contribution >= 4 is 36.4 Å². The van der Waals surface area contributed by atoms with Gasteiger partial charge in [0.2, 0.25) is 5.91 Å². The monoisotopic (exact) mass is 401 g/mol. The zero-order valence-corrected chi connectivity index (χ0v) is 17.4. The summed E-state index contributed by atoms with van der Waals surface area (Å²) in [6, 6.07) is 12.4. The van der Waals surface area contributed by atoms with Gasteiger partial charge in [-0.3, -0.25) is 4.79 Å². The number of carbonyl (C=O) groups excluding carboxylic acids is 1. The highest BCUT2D eigenvalue weighted by Crippen LogP contribution is 2.17. The normalized spacial score (nSPS) is 11.1. The fraction of sp³-hybridized carbons (Fsp3) is 0.409. The third kappa shape index (κ3) is 7.09. The first-order chi connectivity index (χ1) is 13.7. The minimum absolute atomic E-state index is 0.0840. The molecule has 0 fully saturated rings. The second-order valence-corrected chi connectivity index (χ2v) is 6.98. The summed E-state index contributed by atoms with van der Waals surface area (Å²) in [5, 5.41) is 12.0. The lowest BCUT2D eigenvalue weighted by molar-refractivity contribution is -0.121. The largest absolute Gasteiger partial charge is 0.395 e. The summed E-state index contributed by atoms with van der Waals surface area (Å²) < 4.78 is 2.16. The molecule has 2 aromatic rings. The van der Waals surface area contributed by atoms with Crippen molar-refractivity contribution in [2.75, 3.05) is 36.9 Å². The highest BCUT2D eigenvalue weighted by atomic mass is 32.1. The van der Waals surface area contributed by atoms with Gasteiger partial charge >= 0.3 is 0 Å². The van der Waals surface area contributed by atoms with Gasteiger partial charge in [0.15, 0.2) is 0 Å². The number of rotatable bonds is 12. The van der Waals surface area contributed by atoms with Gasteiger partial charge in [-0.2, -0.15) is 12.6 Å². The van der Waals surface area contributed by atoms with Gasteiger partial charge in [0.25, 0.3) is 0 Å². The minimum Gasteiger partial charge on any atom is -0.395 e. The van der Waals surface area contributed by atoms with Crippen molar-refractivity contribution in [2.24, 2.45) is 0 Å². The number of thiol groups is 1. The zero-order chi connectivity index (χ0) is 20.2. The average Bonchev–Trinajstić information content (AvgIpc) is 3.16. The van der Waals surface area contributed by atoms with E-state index in [0.717, 1.165) is 36.5 Å². The van der Waals surface area contributed by atoms with Crippen molar-refractivity contribution in [3.05, 3.63) is 53.9 Å². The Morgan fingerprint density at radius 1 is 1.25 bits per heavy atom. The molecule has 1 aromatic heterocycles. The summed E-state index contributed by atoms with van der Waals surface area (Å²) in [7, 11) is 0. The van der Waals surface area contributed by atoms with Gasteiger partial charge in [-0.1, -0.05) is 18.2 Å². The van der Waals surface area contributed by atoms with E-state index in [1.54, 1.807) is 0 Å². The fourth-order valence-corrected chi connectivity index (χ4v) is 3.16. The second-order valence-electron chi connectivity index (χ2n) is 6.53. The Kier molecular flexibility index (Phi) is 9.72. The standard InChI is InChI=1S/C22H31N3O2S/c1-2-24(16-17-26)21-11-8-19(9-12-21)7-10-20-5-3-14-25(20)15-4-6-22(27)23-13-18-28/h3,5,7-12,14,26,28H,2,4,6,13,15-18H2,1H3,(H,23,27)/b10-7+. The third-order valence-corrected chi connectivity index (χ3v) is 4.78. The molecule has 0 radical (unpaired) electrons. The van der Waals surface area contributed by atoms with Crippen LogP contribution in [0.25, 0.3) is 12.2 Å². The quantitative estimate of drug-likeness (QED) is 0.478. The van der Waals surface area contributed by atoms with E-state index < -0.39 is 0 Å². The number of aliphatic hydroxyl groups is 1. The molecule has 0 spiro atoms. The van der Waals surface area contributed by atoms with Crippen LogP contribution < -0.4 is 10.2 Å². The van der Waals surface area contributed by atoms with Crippen molar-refractivity contribution in [3.63, 3.8) is 0 Å². The first kappa shape index (κ1) is 22.1. The van der Waals surface area contributed by atoms with Crippen LogP contribution in [0.4, 0.5) is 5.69 Å². The second kappa shape index (κ2) is 12.3. The van der Waals surface area contributed by atoms with E-state index in [1.165, 1.54) is 0 Å². The van der Waals surface area contributed by atoms with Crippen molar-refractivity contribution in [2.45, 2.75) is 26.3 Å². The molecule has 5 nitrogen and oxygen atoms in total. The van der Waals surface area contributed by atoms with E-state index in [-0.39, 0.29) is 12.5 Å². The number of anilines is 1. The molecule has 0 aliphatic heterocycles. The van der Waals surface area contributed by atoms with Crippen LogP contribution in [0, 0.1) is 0 Å². The van der Waals surface area contributed by atoms with Gasteiger partial charge in [0.05, 0.1) is 6.61 Å². The predicted molar refractivity (Wildman–Crippen MR) is 121 cm³/mol. The number of nitrogens with one attached hydrogen (secondary N) is 1. The Morgan fingerprint density at radius 3 is 2.71 bits per heavy atom. The molecular formula is C22H31N3O2S. The number of amides is 1. The Bertz CT molecular complexity index is 740. The van der Waals surface area contributed by atoms with Crippen LogP contribution in [-0.4, -0.2) is 47.6 Å². The average molecular weight is 402 g/mol. The van der Waals surface area contributed by atoms with E-state index in [1.807, 2.05) is 12.3 Å². The molecule has 0 bridgehead atoms. The molecule has 2 N–H and O–H groups in total. The first-order valence-electron chi connectivity index (χ1n) is 9.84. The molecule has 28 heavy (non-hydrogen) atoms. The van der Waals surface area contributed by atoms with Crippen LogP contribution in [0.2, 0.25) is 0 Å². The van der Waals surface area contributed by atoms with Gasteiger partial charge in [-0.15, -0.1) is 0 Å². The van der Waals surface area contributed by atoms with Crippen molar-refractivity contribution in [1.82, 2.24) is 9.88 Å². The first-order valence-corrected chi connectivity index (χ1v) is 10.5. The number of hydrogen-bond donors (Lipinski definition) is 3. The molecule has 0 aliphatic carbocycles. The molecule has 0 aliphatic rings. The highest BCUT2D eigenvalue weighted by molar-refractivity contribution is 7.80. The van der Waals surface area contributed by atoms with E-state index in [4.69, 9.17) is 5.11 Å². The lowest BCUT2D eigenvalue weighted by atomic mass is 10.1. The van der Waals surface area contributed by atoms with Crippen molar-refractivity contribution in [3.8, 4) is 0 Å². The predicted octanol–water partition coefficient (Wildman–Crippen LogP) is 3.30. The zero-order valence-electron chi connectivity index (χ0n) is 16.6. The van der Waals surface area contributed by atoms with E-state index in [9.17, 15) is 4.79 Å². The SMILES string of the molecule is CCN(CCO)c1ccc(/C=C/c2cccn2CCCC(=O)NCCS)cc1. The van der Waals surface area contributed by atoms with Gasteiger partial charge in [-0.25, -0.2) is 0 Å². The van der Waals surface area contributed by atoms with Crippen LogP contribution in [0.5, 0.6) is 0 Å². The lowest BCUT2D eigenvalue weighted by Crippen LogP contribution is -2.25. The summed E-state index contributed by atoms with van der Waals surface area (Å²) in [5.41, 5.74) is 3.37. The molecule has 0 atom stereocenters. The van der Waals surface area contributed by atoms with Crippen LogP contribution in [0.3, 0.4) is 0 Å². The van der Waals surface area contributed by atoms with E-state index >= 15 is 0 Å². The molecule has 152 valence electrons. The molecule has 0 unspecified atom stereocenters. The number of carbonyl (C=O) groups is 1. The van der Waals surface area contributed by atoms with Crippen LogP contribution in [0.1, 0.15) is 31.0 Å². The number of nitrogens with zero attached hydrogens (tertiary/aromatic N) is 2. The van der Waals surface area contributed by atoms with Gasteiger partial charge in [-0.05, 0) is 49.2 Å². The third-order valence-electron chi connectivity index (χ3n) is 4.56. The topological polar surface area (TPSA) is 57.5 Å². The minimum atomic E-state index is 0.0840. The molecule has 6 heteroatoms. The van der Waals surface area contributed by atoms with Crippen molar-refractivity contribution < 1.29 is 9.90 Å². The summed E-state index contributed by atoms with van der Waals surface area (Å²) >= 11 is 4.09. The maximum Gasteiger partial charge on any atom is 0.220 e. The number of hydrogen-bond acceptors (Lipinski definition) is 4. The molecule has 1 amide bonds. The highest BCUT2D eigenvalue weighted by Gasteiger charge is 2.04. The van der Waals surface area contributed by atoms with Gasteiger partial charge in [0.1, 0.15) is 0 Å². The summed E-state index contributed by atoms with van der Waals surface area (Å²) in [5.74, 6) is 0.748. The van der Waals surface area contributed by atoms with Crippen LogP contribution >= 0.6 is 12.6 Å². The van der Waals surface area contributed by atoms with E-state index in [0.29, 0.717) is 25.3 Å². The Hall–Kier alpha value is -2.18. The number of aryl methyl sites for hydroxylation is 1. The van der Waals surface area contributed by atoms with Crippen LogP contribution in [-0.2, 0) is 11.3 Å². The Labute approximate surface area is 173 Å². The molecule has 1 aromatic carbocycles. The molecule has 1 heterocycles. The molecular weight excluding hydrogens is 370 g/mol. The lowest BCUT2D eigenvalue weighted by Gasteiger charge is -2.21. The number of likely N-dealkylation sites (N-methyl/N-ethyl adjacent to an activating group) is 1. The summed E-state index contributed by atoms with van der Waals surface area (Å²) in [4.78, 5) is 13.8. The fourth-order valence-electron chi connectivity index (χ4n) is 3.04. The summed E-state index contributed by atoms with van der Waals surface area (Å²) in [6.07, 6.45) is 7.57. The van der Waals surface area contributed by atoms with E-state index in [2.05, 4.69) is 76.8 Å². The Balaban J connectivity index is 1.91. The van der Waals surface area contributed by atoms with Gasteiger partial charge < -0.3 is 19.9 Å². The number of benzene rings is 1. The van der Waals surface area contributed by atoms with Crippen LogP contribution in [0.15, 0.2) is 42.6 Å². The maximum absolute atomic E-state index is 11.7.